The number of anilines is 1. The van der Waals surface area contributed by atoms with Gasteiger partial charge in [-0.15, -0.1) is 11.3 Å². The van der Waals surface area contributed by atoms with Gasteiger partial charge in [0.15, 0.2) is 11.5 Å². The molecule has 4 rings (SSSR count). The monoisotopic (exact) mass is 467 g/mol. The summed E-state index contributed by atoms with van der Waals surface area (Å²) in [5.74, 6) is 0.246. The molecule has 1 N–H and O–H groups in total. The maximum atomic E-state index is 12.9. The van der Waals surface area contributed by atoms with Crippen LogP contribution in [0.3, 0.4) is 0 Å². The van der Waals surface area contributed by atoms with Crippen molar-refractivity contribution in [2.75, 3.05) is 11.1 Å². The van der Waals surface area contributed by atoms with Gasteiger partial charge in [0, 0.05) is 19.8 Å². The van der Waals surface area contributed by atoms with Crippen molar-refractivity contribution in [1.29, 1.82) is 0 Å². The third kappa shape index (κ3) is 4.11. The normalized spacial score (nSPS) is 11.1. The zero-order chi connectivity index (χ0) is 23.0. The Kier molecular flexibility index (Phi) is 5.98. The van der Waals surface area contributed by atoms with Crippen LogP contribution in [-0.2, 0) is 18.9 Å². The largest absolute Gasteiger partial charge is 0.332 e. The number of hydrogen-bond donors (Lipinski definition) is 1. The summed E-state index contributed by atoms with van der Waals surface area (Å²) in [7, 11) is 2.98. The van der Waals surface area contributed by atoms with Gasteiger partial charge in [0.2, 0.25) is 5.91 Å². The summed E-state index contributed by atoms with van der Waals surface area (Å²) in [6.07, 6.45) is 0. The van der Waals surface area contributed by atoms with Crippen LogP contribution < -0.4 is 16.6 Å². The van der Waals surface area contributed by atoms with Crippen LogP contribution in [0.15, 0.2) is 50.3 Å². The van der Waals surface area contributed by atoms with Gasteiger partial charge in [-0.05, 0) is 36.9 Å². The van der Waals surface area contributed by atoms with Crippen LogP contribution in [0.4, 0.5) is 5.69 Å². The number of aromatic nitrogens is 4. The lowest BCUT2D eigenvalue weighted by Crippen LogP contribution is -2.37. The first-order valence-electron chi connectivity index (χ1n) is 9.78. The highest BCUT2D eigenvalue weighted by atomic mass is 32.2. The van der Waals surface area contributed by atoms with E-state index >= 15 is 0 Å². The van der Waals surface area contributed by atoms with Gasteiger partial charge in [-0.25, -0.2) is 14.8 Å². The Morgan fingerprint density at radius 2 is 1.91 bits per heavy atom. The zero-order valence-corrected chi connectivity index (χ0v) is 19.6. The minimum Gasteiger partial charge on any atom is -0.325 e. The number of thiophene rings is 1. The highest BCUT2D eigenvalue weighted by molar-refractivity contribution is 8.00. The van der Waals surface area contributed by atoms with Crippen molar-refractivity contribution in [3.05, 3.63) is 67.7 Å². The predicted octanol–water partition coefficient (Wildman–Crippen LogP) is 3.10. The second kappa shape index (κ2) is 8.71. The van der Waals surface area contributed by atoms with Crippen LogP contribution in [0.25, 0.3) is 21.7 Å². The molecule has 0 radical (unpaired) electrons. The molecule has 0 fully saturated rings. The molecule has 3 aromatic heterocycles. The minimum atomic E-state index is -0.488. The number of thioether (sulfide) groups is 1. The van der Waals surface area contributed by atoms with Crippen LogP contribution in [0, 0.1) is 13.8 Å². The van der Waals surface area contributed by atoms with Crippen molar-refractivity contribution in [3.8, 4) is 10.7 Å². The van der Waals surface area contributed by atoms with E-state index in [2.05, 4.69) is 15.3 Å². The standard InChI is InChI=1S/C22H21N5O3S2/c1-12-7-8-14(13(2)10-12)23-16(28)11-32-20-17-19(26(3)22(30)27(4)21(17)29)24-18(25-20)15-6-5-9-31-15/h5-10H,11H2,1-4H3,(H,23,28). The molecule has 0 atom stereocenters. The van der Waals surface area contributed by atoms with E-state index < -0.39 is 11.2 Å². The Bertz CT molecular complexity index is 1460. The van der Waals surface area contributed by atoms with E-state index in [1.165, 1.54) is 23.0 Å². The lowest BCUT2D eigenvalue weighted by atomic mass is 10.1. The van der Waals surface area contributed by atoms with Gasteiger partial charge in [0.1, 0.15) is 10.4 Å². The Morgan fingerprint density at radius 3 is 2.59 bits per heavy atom. The van der Waals surface area contributed by atoms with Gasteiger partial charge in [-0.1, -0.05) is 35.5 Å². The van der Waals surface area contributed by atoms with Gasteiger partial charge in [0.25, 0.3) is 5.56 Å². The molecule has 0 unspecified atom stereocenters. The topological polar surface area (TPSA) is 98.9 Å². The van der Waals surface area contributed by atoms with Crippen molar-refractivity contribution >= 4 is 45.7 Å². The third-order valence-electron chi connectivity index (χ3n) is 5.00. The summed E-state index contributed by atoms with van der Waals surface area (Å²) in [4.78, 5) is 47.8. The summed E-state index contributed by atoms with van der Waals surface area (Å²) in [6, 6.07) is 9.55. The quantitative estimate of drug-likeness (QED) is 0.358. The average molecular weight is 468 g/mol. The van der Waals surface area contributed by atoms with E-state index in [-0.39, 0.29) is 22.7 Å². The van der Waals surface area contributed by atoms with E-state index in [9.17, 15) is 14.4 Å². The summed E-state index contributed by atoms with van der Waals surface area (Å²) in [5, 5.41) is 5.39. The second-order valence-corrected chi connectivity index (χ2v) is 9.30. The smallest absolute Gasteiger partial charge is 0.325 e. The first-order chi connectivity index (χ1) is 15.3. The number of hydrogen-bond acceptors (Lipinski definition) is 7. The molecular weight excluding hydrogens is 446 g/mol. The number of aryl methyl sites for hydroxylation is 3. The van der Waals surface area contributed by atoms with Gasteiger partial charge < -0.3 is 5.32 Å². The SMILES string of the molecule is Cc1ccc(NC(=O)CSc2nc(-c3cccs3)nc3c2c(=O)n(C)c(=O)n3C)c(C)c1. The van der Waals surface area contributed by atoms with Crippen LogP contribution in [0.5, 0.6) is 0 Å². The van der Waals surface area contributed by atoms with Crippen molar-refractivity contribution in [3.63, 3.8) is 0 Å². The molecule has 0 aliphatic heterocycles. The number of carbonyl (C=O) groups is 1. The molecule has 0 bridgehead atoms. The fraction of sp³-hybridized carbons (Fsp3) is 0.227. The fourth-order valence-electron chi connectivity index (χ4n) is 3.32. The maximum Gasteiger partial charge on any atom is 0.332 e. The van der Waals surface area contributed by atoms with Crippen LogP contribution in [0.1, 0.15) is 11.1 Å². The molecule has 32 heavy (non-hydrogen) atoms. The molecular formula is C22H21N5O3S2. The first kappa shape index (κ1) is 22.0. The zero-order valence-electron chi connectivity index (χ0n) is 18.0. The number of fused-ring (bicyclic) bond motifs is 1. The van der Waals surface area contributed by atoms with Gasteiger partial charge in [0.05, 0.1) is 10.6 Å². The van der Waals surface area contributed by atoms with Crippen molar-refractivity contribution in [1.82, 2.24) is 19.1 Å². The Hall–Kier alpha value is -3.24. The molecule has 8 nitrogen and oxygen atoms in total. The molecule has 1 amide bonds. The molecule has 0 aliphatic carbocycles. The van der Waals surface area contributed by atoms with E-state index in [1.807, 2.05) is 49.6 Å². The number of nitrogens with one attached hydrogen (secondary N) is 1. The second-order valence-electron chi connectivity index (χ2n) is 7.39. The van der Waals surface area contributed by atoms with Gasteiger partial charge in [-0.2, -0.15) is 0 Å². The van der Waals surface area contributed by atoms with Crippen molar-refractivity contribution in [2.24, 2.45) is 14.1 Å². The van der Waals surface area contributed by atoms with Crippen LogP contribution in [-0.4, -0.2) is 30.8 Å². The summed E-state index contributed by atoms with van der Waals surface area (Å²) in [6.45, 7) is 3.93. The Morgan fingerprint density at radius 1 is 1.12 bits per heavy atom. The molecule has 10 heteroatoms. The number of rotatable bonds is 5. The molecule has 0 saturated carbocycles. The third-order valence-corrected chi connectivity index (χ3v) is 6.85. The van der Waals surface area contributed by atoms with Crippen LogP contribution in [0.2, 0.25) is 0 Å². The highest BCUT2D eigenvalue weighted by Crippen LogP contribution is 2.28. The van der Waals surface area contributed by atoms with Crippen LogP contribution >= 0.6 is 23.1 Å². The first-order valence-corrected chi connectivity index (χ1v) is 11.6. The summed E-state index contributed by atoms with van der Waals surface area (Å²) in [5.41, 5.74) is 2.12. The van der Waals surface area contributed by atoms with E-state index in [0.29, 0.717) is 10.9 Å². The maximum absolute atomic E-state index is 12.9. The number of carbonyl (C=O) groups excluding carboxylic acids is 1. The number of benzene rings is 1. The van der Waals surface area contributed by atoms with Crippen molar-refractivity contribution in [2.45, 2.75) is 18.9 Å². The molecule has 164 valence electrons. The predicted molar refractivity (Wildman–Crippen MR) is 129 cm³/mol. The average Bonchev–Trinajstić information content (AvgIpc) is 3.31. The Labute approximate surface area is 192 Å². The van der Waals surface area contributed by atoms with Gasteiger partial charge >= 0.3 is 5.69 Å². The van der Waals surface area contributed by atoms with Crippen molar-refractivity contribution < 1.29 is 4.79 Å². The lowest BCUT2D eigenvalue weighted by Gasteiger charge is -2.12. The Balaban J connectivity index is 1.73. The molecule has 0 spiro atoms. The number of nitrogens with zero attached hydrogens (tertiary/aromatic N) is 4. The highest BCUT2D eigenvalue weighted by Gasteiger charge is 2.19. The van der Waals surface area contributed by atoms with E-state index in [0.717, 1.165) is 38.0 Å². The molecule has 4 aromatic rings. The number of amides is 1. The summed E-state index contributed by atoms with van der Waals surface area (Å²) < 4.78 is 2.35. The molecule has 1 aromatic carbocycles. The van der Waals surface area contributed by atoms with Gasteiger partial charge in [-0.3, -0.25) is 18.7 Å². The fourth-order valence-corrected chi connectivity index (χ4v) is 4.79. The van der Waals surface area contributed by atoms with E-state index in [1.54, 1.807) is 7.05 Å². The lowest BCUT2D eigenvalue weighted by molar-refractivity contribution is -0.113. The summed E-state index contributed by atoms with van der Waals surface area (Å²) >= 11 is 2.60. The molecule has 0 saturated heterocycles. The molecule has 3 heterocycles. The molecule has 0 aliphatic rings. The van der Waals surface area contributed by atoms with E-state index in [4.69, 9.17) is 0 Å². The minimum absolute atomic E-state index is 0.0509.